The lowest BCUT2D eigenvalue weighted by Crippen LogP contribution is -2.48. The Kier molecular flexibility index (Phi) is 7.49. The first-order valence-corrected chi connectivity index (χ1v) is 9.52. The summed E-state index contributed by atoms with van der Waals surface area (Å²) < 4.78 is 5.37. The van der Waals surface area contributed by atoms with Gasteiger partial charge >= 0.3 is 0 Å². The summed E-state index contributed by atoms with van der Waals surface area (Å²) >= 11 is 2.02. The number of nitrogens with zero attached hydrogens (tertiary/aromatic N) is 3. The number of aliphatic imine (C=N–C) groups is 1. The Hall–Kier alpha value is -1.63. The first-order valence-electron chi connectivity index (χ1n) is 8.47. The summed E-state index contributed by atoms with van der Waals surface area (Å²) in [5, 5.41) is 4.03. The third-order valence-corrected chi connectivity index (χ3v) is 5.36. The van der Waals surface area contributed by atoms with Crippen LogP contribution in [0.2, 0.25) is 0 Å². The molecule has 2 heterocycles. The number of nitrogens with one attached hydrogen (secondary N) is 1. The number of hydrogen-bond acceptors (Lipinski definition) is 4. The number of guanidine groups is 1. The topological polar surface area (TPSA) is 61.1 Å². The van der Waals surface area contributed by atoms with E-state index in [1.54, 1.807) is 25.3 Å². The molecule has 2 rings (SSSR count). The average molecular weight is 353 g/mol. The van der Waals surface area contributed by atoms with Crippen molar-refractivity contribution in [1.29, 1.82) is 0 Å². The first-order chi connectivity index (χ1) is 11.6. The molecule has 0 aromatic carbocycles. The van der Waals surface area contributed by atoms with E-state index in [0.29, 0.717) is 5.25 Å². The van der Waals surface area contributed by atoms with Gasteiger partial charge in [-0.2, -0.15) is 11.8 Å². The molecule has 1 N–H and O–H groups in total. The van der Waals surface area contributed by atoms with Crippen molar-refractivity contribution >= 4 is 23.6 Å². The zero-order chi connectivity index (χ0) is 17.4. The van der Waals surface area contributed by atoms with Gasteiger partial charge in [-0.25, -0.2) is 4.99 Å². The molecule has 24 heavy (non-hydrogen) atoms. The maximum absolute atomic E-state index is 11.9. The molecular weight excluding hydrogens is 324 g/mol. The molecule has 1 aliphatic heterocycles. The van der Waals surface area contributed by atoms with Gasteiger partial charge in [-0.15, -0.1) is 0 Å². The predicted octanol–water partition coefficient (Wildman–Crippen LogP) is 1.68. The lowest BCUT2D eigenvalue weighted by molar-refractivity contribution is -0.127. The van der Waals surface area contributed by atoms with E-state index in [1.165, 1.54) is 0 Å². The number of carbonyl (C=O) groups is 1. The molecular formula is C17H28N4O2S. The van der Waals surface area contributed by atoms with Crippen LogP contribution >= 0.6 is 11.8 Å². The van der Waals surface area contributed by atoms with Crippen molar-refractivity contribution in [3.63, 3.8) is 0 Å². The number of rotatable bonds is 6. The highest BCUT2D eigenvalue weighted by atomic mass is 32.2. The smallest absolute Gasteiger partial charge is 0.243 e. The molecule has 1 aliphatic rings. The summed E-state index contributed by atoms with van der Waals surface area (Å²) in [7, 11) is 3.51. The lowest BCUT2D eigenvalue weighted by atomic mass is 10.3. The van der Waals surface area contributed by atoms with Gasteiger partial charge in [-0.05, 0) is 18.6 Å². The molecule has 134 valence electrons. The molecule has 0 radical (unpaired) electrons. The first kappa shape index (κ1) is 18.7. The van der Waals surface area contributed by atoms with Crippen LogP contribution in [0.1, 0.15) is 19.1 Å². The van der Waals surface area contributed by atoms with Gasteiger partial charge in [-0.3, -0.25) is 4.79 Å². The average Bonchev–Trinajstić information content (AvgIpc) is 3.10. The Bertz CT molecular complexity index is 531. The number of furan rings is 1. The van der Waals surface area contributed by atoms with Crippen molar-refractivity contribution in [2.45, 2.75) is 25.0 Å². The van der Waals surface area contributed by atoms with Crippen LogP contribution in [-0.4, -0.2) is 72.9 Å². The minimum Gasteiger partial charge on any atom is -0.469 e. The van der Waals surface area contributed by atoms with E-state index in [0.717, 1.165) is 49.9 Å². The molecule has 0 spiro atoms. The number of amides is 1. The highest BCUT2D eigenvalue weighted by molar-refractivity contribution is 8.00. The van der Waals surface area contributed by atoms with Gasteiger partial charge in [0.25, 0.3) is 0 Å². The monoisotopic (exact) mass is 352 g/mol. The van der Waals surface area contributed by atoms with Crippen LogP contribution in [0, 0.1) is 0 Å². The lowest BCUT2D eigenvalue weighted by Gasteiger charge is -2.34. The second kappa shape index (κ2) is 9.61. The van der Waals surface area contributed by atoms with Gasteiger partial charge in [0.2, 0.25) is 5.91 Å². The predicted molar refractivity (Wildman–Crippen MR) is 99.5 cm³/mol. The van der Waals surface area contributed by atoms with Crippen molar-refractivity contribution in [2.24, 2.45) is 4.99 Å². The van der Waals surface area contributed by atoms with Gasteiger partial charge in [0.15, 0.2) is 5.96 Å². The van der Waals surface area contributed by atoms with Gasteiger partial charge in [0.1, 0.15) is 12.3 Å². The SMILES string of the molecule is CCC1CN(C(=NCC(=O)N(C)C)NCCc2ccco2)CCS1. The zero-order valence-electron chi connectivity index (χ0n) is 14.8. The van der Waals surface area contributed by atoms with Gasteiger partial charge in [0, 0.05) is 51.2 Å². The Labute approximate surface area is 148 Å². The van der Waals surface area contributed by atoms with E-state index in [4.69, 9.17) is 4.42 Å². The largest absolute Gasteiger partial charge is 0.469 e. The summed E-state index contributed by atoms with van der Waals surface area (Å²) in [5.74, 6) is 2.89. The quantitative estimate of drug-likeness (QED) is 0.623. The Morgan fingerprint density at radius 1 is 1.54 bits per heavy atom. The molecule has 1 atom stereocenters. The number of thioether (sulfide) groups is 1. The number of carbonyl (C=O) groups excluding carboxylic acids is 1. The summed E-state index contributed by atoms with van der Waals surface area (Å²) in [6, 6.07) is 3.87. The van der Waals surface area contributed by atoms with Crippen LogP contribution in [0.5, 0.6) is 0 Å². The van der Waals surface area contributed by atoms with Crippen molar-refractivity contribution in [3.05, 3.63) is 24.2 Å². The van der Waals surface area contributed by atoms with Crippen LogP contribution < -0.4 is 5.32 Å². The number of likely N-dealkylation sites (N-methyl/N-ethyl adjacent to an activating group) is 1. The molecule has 6 nitrogen and oxygen atoms in total. The minimum atomic E-state index is 0.0127. The van der Waals surface area contributed by atoms with Crippen molar-refractivity contribution in [3.8, 4) is 0 Å². The minimum absolute atomic E-state index is 0.0127. The molecule has 1 aromatic heterocycles. The third-order valence-electron chi connectivity index (χ3n) is 3.99. The highest BCUT2D eigenvalue weighted by Gasteiger charge is 2.22. The fourth-order valence-corrected chi connectivity index (χ4v) is 3.64. The molecule has 1 aromatic rings. The standard InChI is InChI=1S/C17H28N4O2S/c1-4-15-13-21(9-11-24-15)17(19-12-16(22)20(2)3)18-8-7-14-6-5-10-23-14/h5-6,10,15H,4,7-9,11-13H2,1-3H3,(H,18,19). The Balaban J connectivity index is 1.96. The summed E-state index contributed by atoms with van der Waals surface area (Å²) in [6.07, 6.45) is 3.64. The molecule has 1 unspecified atom stereocenters. The summed E-state index contributed by atoms with van der Waals surface area (Å²) in [4.78, 5) is 20.3. The van der Waals surface area contributed by atoms with E-state index in [2.05, 4.69) is 22.1 Å². The molecule has 1 saturated heterocycles. The molecule has 1 fully saturated rings. The van der Waals surface area contributed by atoms with Crippen molar-refractivity contribution in [1.82, 2.24) is 15.1 Å². The summed E-state index contributed by atoms with van der Waals surface area (Å²) in [6.45, 7) is 5.07. The van der Waals surface area contributed by atoms with Crippen LogP contribution in [0.25, 0.3) is 0 Å². The Morgan fingerprint density at radius 2 is 2.38 bits per heavy atom. The molecule has 0 aliphatic carbocycles. The van der Waals surface area contributed by atoms with E-state index >= 15 is 0 Å². The van der Waals surface area contributed by atoms with E-state index < -0.39 is 0 Å². The zero-order valence-corrected chi connectivity index (χ0v) is 15.6. The van der Waals surface area contributed by atoms with Gasteiger partial charge < -0.3 is 19.5 Å². The fourth-order valence-electron chi connectivity index (χ4n) is 2.46. The maximum atomic E-state index is 11.9. The fraction of sp³-hybridized carbons (Fsp3) is 0.647. The Morgan fingerprint density at radius 3 is 3.04 bits per heavy atom. The van der Waals surface area contributed by atoms with Crippen LogP contribution in [0.3, 0.4) is 0 Å². The van der Waals surface area contributed by atoms with E-state index in [1.807, 2.05) is 23.9 Å². The van der Waals surface area contributed by atoms with E-state index in [-0.39, 0.29) is 12.5 Å². The van der Waals surface area contributed by atoms with Crippen molar-refractivity contribution < 1.29 is 9.21 Å². The van der Waals surface area contributed by atoms with Gasteiger partial charge in [-0.1, -0.05) is 6.92 Å². The maximum Gasteiger partial charge on any atom is 0.243 e. The summed E-state index contributed by atoms with van der Waals surface area (Å²) in [5.41, 5.74) is 0. The third kappa shape index (κ3) is 5.78. The second-order valence-electron chi connectivity index (χ2n) is 6.03. The van der Waals surface area contributed by atoms with Crippen molar-refractivity contribution in [2.75, 3.05) is 46.0 Å². The van der Waals surface area contributed by atoms with Crippen LogP contribution in [-0.2, 0) is 11.2 Å². The molecule has 1 amide bonds. The number of hydrogen-bond donors (Lipinski definition) is 1. The highest BCUT2D eigenvalue weighted by Crippen LogP contribution is 2.21. The van der Waals surface area contributed by atoms with Crippen LogP contribution in [0.15, 0.2) is 27.8 Å². The molecule has 0 bridgehead atoms. The van der Waals surface area contributed by atoms with E-state index in [9.17, 15) is 4.79 Å². The molecule has 0 saturated carbocycles. The normalized spacial score (nSPS) is 18.5. The van der Waals surface area contributed by atoms with Gasteiger partial charge in [0.05, 0.1) is 6.26 Å². The second-order valence-corrected chi connectivity index (χ2v) is 7.44. The van der Waals surface area contributed by atoms with Crippen LogP contribution in [0.4, 0.5) is 0 Å². The molecule has 7 heteroatoms.